The minimum Gasteiger partial charge on any atom is -0.356 e. The Bertz CT molecular complexity index is 402. The number of nitrogens with zero attached hydrogens (tertiary/aromatic N) is 3. The second-order valence-electron chi connectivity index (χ2n) is 2.94. The summed E-state index contributed by atoms with van der Waals surface area (Å²) in [5.41, 5.74) is 1.94. The number of aromatic nitrogens is 3. The first-order valence-corrected chi connectivity index (χ1v) is 4.24. The molecule has 0 saturated carbocycles. The molecule has 0 amide bonds. The number of hydrogen-bond acceptors (Lipinski definition) is 3. The number of hydrogen-bond donors (Lipinski definition) is 0. The van der Waals surface area contributed by atoms with Crippen LogP contribution in [0.3, 0.4) is 0 Å². The van der Waals surface area contributed by atoms with Gasteiger partial charge in [0.1, 0.15) is 0 Å². The van der Waals surface area contributed by atoms with Crippen LogP contribution in [-0.4, -0.2) is 14.9 Å². The molecule has 2 heterocycles. The van der Waals surface area contributed by atoms with E-state index in [2.05, 4.69) is 10.3 Å². The summed E-state index contributed by atoms with van der Waals surface area (Å²) in [6, 6.07) is 1.94. The fraction of sp³-hybridized carbons (Fsp3) is 0.333. The van der Waals surface area contributed by atoms with E-state index in [1.807, 2.05) is 26.2 Å². The lowest BCUT2D eigenvalue weighted by Crippen LogP contribution is -1.83. The maximum atomic E-state index is 5.15. The molecular formula is C9H11N3O. The van der Waals surface area contributed by atoms with E-state index in [9.17, 15) is 0 Å². The maximum Gasteiger partial charge on any atom is 0.170 e. The van der Waals surface area contributed by atoms with Crippen molar-refractivity contribution < 1.29 is 4.52 Å². The van der Waals surface area contributed by atoms with Gasteiger partial charge in [0, 0.05) is 19.3 Å². The molecule has 0 saturated heterocycles. The van der Waals surface area contributed by atoms with Crippen molar-refractivity contribution in [3.63, 3.8) is 0 Å². The van der Waals surface area contributed by atoms with Crippen LogP contribution in [0.25, 0.3) is 11.3 Å². The lowest BCUT2D eigenvalue weighted by atomic mass is 10.2. The van der Waals surface area contributed by atoms with E-state index in [0.717, 1.165) is 23.4 Å². The fourth-order valence-corrected chi connectivity index (χ4v) is 1.16. The SMILES string of the molecule is CCc1cc(-c2cnn(C)c2)on1. The highest BCUT2D eigenvalue weighted by Crippen LogP contribution is 2.19. The molecule has 0 aliphatic rings. The Morgan fingerprint density at radius 1 is 1.54 bits per heavy atom. The van der Waals surface area contributed by atoms with Gasteiger partial charge in [-0.1, -0.05) is 12.1 Å². The van der Waals surface area contributed by atoms with E-state index >= 15 is 0 Å². The third kappa shape index (κ3) is 1.47. The average Bonchev–Trinajstić information content (AvgIpc) is 2.71. The summed E-state index contributed by atoms with van der Waals surface area (Å²) in [5, 5.41) is 7.97. The molecule has 68 valence electrons. The topological polar surface area (TPSA) is 43.9 Å². The molecule has 0 aliphatic heterocycles. The van der Waals surface area contributed by atoms with Crippen LogP contribution in [0, 0.1) is 0 Å². The second kappa shape index (κ2) is 3.05. The van der Waals surface area contributed by atoms with Gasteiger partial charge < -0.3 is 4.52 Å². The molecule has 0 spiro atoms. The highest BCUT2D eigenvalue weighted by molar-refractivity contribution is 5.54. The summed E-state index contributed by atoms with van der Waals surface area (Å²) >= 11 is 0. The highest BCUT2D eigenvalue weighted by Gasteiger charge is 2.06. The molecule has 0 aliphatic carbocycles. The Balaban J connectivity index is 2.35. The van der Waals surface area contributed by atoms with E-state index in [0.29, 0.717) is 0 Å². The van der Waals surface area contributed by atoms with E-state index < -0.39 is 0 Å². The number of aryl methyl sites for hydroxylation is 2. The van der Waals surface area contributed by atoms with E-state index in [1.54, 1.807) is 10.9 Å². The molecule has 4 heteroatoms. The van der Waals surface area contributed by atoms with Gasteiger partial charge in [-0.3, -0.25) is 4.68 Å². The Morgan fingerprint density at radius 3 is 2.92 bits per heavy atom. The molecule has 2 rings (SSSR count). The molecule has 2 aromatic heterocycles. The molecule has 4 nitrogen and oxygen atoms in total. The minimum absolute atomic E-state index is 0.782. The first-order valence-electron chi connectivity index (χ1n) is 4.24. The van der Waals surface area contributed by atoms with E-state index in [4.69, 9.17) is 4.52 Å². The van der Waals surface area contributed by atoms with Crippen LogP contribution in [0.4, 0.5) is 0 Å². The molecule has 0 N–H and O–H groups in total. The van der Waals surface area contributed by atoms with Crippen LogP contribution in [0.5, 0.6) is 0 Å². The molecule has 0 aromatic carbocycles. The predicted molar refractivity (Wildman–Crippen MR) is 48.1 cm³/mol. The summed E-state index contributed by atoms with van der Waals surface area (Å²) in [7, 11) is 1.88. The smallest absolute Gasteiger partial charge is 0.170 e. The van der Waals surface area contributed by atoms with Gasteiger partial charge in [0.2, 0.25) is 0 Å². The Morgan fingerprint density at radius 2 is 2.38 bits per heavy atom. The van der Waals surface area contributed by atoms with Crippen LogP contribution in [0.15, 0.2) is 23.0 Å². The minimum atomic E-state index is 0.782. The predicted octanol–water partition coefficient (Wildman–Crippen LogP) is 1.64. The molecule has 0 atom stereocenters. The van der Waals surface area contributed by atoms with Crippen molar-refractivity contribution in [3.05, 3.63) is 24.2 Å². The van der Waals surface area contributed by atoms with Gasteiger partial charge in [-0.15, -0.1) is 0 Å². The molecule has 0 bridgehead atoms. The third-order valence-electron chi connectivity index (χ3n) is 1.91. The van der Waals surface area contributed by atoms with Crippen molar-refractivity contribution in [3.8, 4) is 11.3 Å². The summed E-state index contributed by atoms with van der Waals surface area (Å²) in [5.74, 6) is 0.782. The maximum absolute atomic E-state index is 5.15. The summed E-state index contributed by atoms with van der Waals surface area (Å²) in [6.45, 7) is 2.05. The first-order chi connectivity index (χ1) is 6.29. The first kappa shape index (κ1) is 8.04. The highest BCUT2D eigenvalue weighted by atomic mass is 16.5. The van der Waals surface area contributed by atoms with Crippen molar-refractivity contribution in [2.75, 3.05) is 0 Å². The quantitative estimate of drug-likeness (QED) is 0.700. The van der Waals surface area contributed by atoms with Crippen LogP contribution < -0.4 is 0 Å². The molecule has 0 fully saturated rings. The van der Waals surface area contributed by atoms with E-state index in [-0.39, 0.29) is 0 Å². The van der Waals surface area contributed by atoms with Gasteiger partial charge in [-0.2, -0.15) is 5.10 Å². The van der Waals surface area contributed by atoms with Gasteiger partial charge in [0.25, 0.3) is 0 Å². The molecule has 2 aromatic rings. The largest absolute Gasteiger partial charge is 0.356 e. The molecular weight excluding hydrogens is 166 g/mol. The van der Waals surface area contributed by atoms with Crippen molar-refractivity contribution in [1.29, 1.82) is 0 Å². The Hall–Kier alpha value is -1.58. The molecule has 0 radical (unpaired) electrons. The van der Waals surface area contributed by atoms with Crippen molar-refractivity contribution in [2.24, 2.45) is 7.05 Å². The van der Waals surface area contributed by atoms with Gasteiger partial charge in [-0.05, 0) is 6.42 Å². The normalized spacial score (nSPS) is 10.6. The van der Waals surface area contributed by atoms with Gasteiger partial charge >= 0.3 is 0 Å². The van der Waals surface area contributed by atoms with Gasteiger partial charge in [0.15, 0.2) is 5.76 Å². The number of rotatable bonds is 2. The lowest BCUT2D eigenvalue weighted by Gasteiger charge is -1.84. The summed E-state index contributed by atoms with van der Waals surface area (Å²) < 4.78 is 6.89. The van der Waals surface area contributed by atoms with E-state index in [1.165, 1.54) is 0 Å². The van der Waals surface area contributed by atoms with Crippen molar-refractivity contribution in [2.45, 2.75) is 13.3 Å². The average molecular weight is 177 g/mol. The summed E-state index contributed by atoms with van der Waals surface area (Å²) in [6.07, 6.45) is 4.56. The van der Waals surface area contributed by atoms with Crippen LogP contribution in [0.2, 0.25) is 0 Å². The zero-order valence-electron chi connectivity index (χ0n) is 7.69. The van der Waals surface area contributed by atoms with Crippen molar-refractivity contribution in [1.82, 2.24) is 14.9 Å². The third-order valence-corrected chi connectivity index (χ3v) is 1.91. The van der Waals surface area contributed by atoms with Crippen LogP contribution >= 0.6 is 0 Å². The van der Waals surface area contributed by atoms with Crippen LogP contribution in [-0.2, 0) is 13.5 Å². The monoisotopic (exact) mass is 177 g/mol. The van der Waals surface area contributed by atoms with Crippen molar-refractivity contribution >= 4 is 0 Å². The van der Waals surface area contributed by atoms with Gasteiger partial charge in [0.05, 0.1) is 17.5 Å². The summed E-state index contributed by atoms with van der Waals surface area (Å²) in [4.78, 5) is 0. The van der Waals surface area contributed by atoms with Gasteiger partial charge in [-0.25, -0.2) is 0 Å². The fourth-order valence-electron chi connectivity index (χ4n) is 1.16. The Labute approximate surface area is 76.2 Å². The molecule has 0 unspecified atom stereocenters. The van der Waals surface area contributed by atoms with Crippen LogP contribution in [0.1, 0.15) is 12.6 Å². The zero-order chi connectivity index (χ0) is 9.26. The standard InChI is InChI=1S/C9H11N3O/c1-3-8-4-9(13-11-8)7-5-10-12(2)6-7/h4-6H,3H2,1-2H3. The Kier molecular flexibility index (Phi) is 1.88. The molecule has 13 heavy (non-hydrogen) atoms. The zero-order valence-corrected chi connectivity index (χ0v) is 7.69. The second-order valence-corrected chi connectivity index (χ2v) is 2.94. The lowest BCUT2D eigenvalue weighted by molar-refractivity contribution is 0.424.